The summed E-state index contributed by atoms with van der Waals surface area (Å²) in [6.45, 7) is 1.76. The van der Waals surface area contributed by atoms with Crippen LogP contribution in [-0.4, -0.2) is 31.6 Å². The van der Waals surface area contributed by atoms with Gasteiger partial charge in [0.2, 0.25) is 0 Å². The highest BCUT2D eigenvalue weighted by molar-refractivity contribution is 6.11. The highest BCUT2D eigenvalue weighted by Crippen LogP contribution is 2.33. The van der Waals surface area contributed by atoms with Gasteiger partial charge < -0.3 is 9.80 Å². The first-order chi connectivity index (χ1) is 11.5. The third-order valence-corrected chi connectivity index (χ3v) is 4.33. The number of fused-ring (bicyclic) bond motifs is 1. The average Bonchev–Trinajstić information content (AvgIpc) is 2.72. The summed E-state index contributed by atoms with van der Waals surface area (Å²) in [6.07, 6.45) is -0.867. The van der Waals surface area contributed by atoms with Gasteiger partial charge in [0, 0.05) is 12.6 Å². The maximum Gasteiger partial charge on any atom is 0.263 e. The van der Waals surface area contributed by atoms with Crippen molar-refractivity contribution in [3.05, 3.63) is 59.7 Å². The monoisotopic (exact) mass is 326 g/mol. The van der Waals surface area contributed by atoms with Crippen LogP contribution < -0.4 is 9.80 Å². The van der Waals surface area contributed by atoms with E-state index >= 15 is 0 Å². The lowest BCUT2D eigenvalue weighted by atomic mass is 10.1. The molecule has 0 spiro atoms. The first kappa shape index (κ1) is 16.2. The molecule has 0 unspecified atom stereocenters. The third kappa shape index (κ3) is 2.77. The topological polar surface area (TPSA) is 40.6 Å². The van der Waals surface area contributed by atoms with E-state index in [1.807, 2.05) is 19.1 Å². The maximum absolute atomic E-state index is 14.3. The fourth-order valence-corrected chi connectivity index (χ4v) is 2.87. The number of hydrogen-bond donors (Lipinski definition) is 0. The molecule has 2 aromatic carbocycles. The summed E-state index contributed by atoms with van der Waals surface area (Å²) >= 11 is 0. The number of aryl methyl sites for hydroxylation is 1. The molecule has 2 amide bonds. The summed E-state index contributed by atoms with van der Waals surface area (Å²) in [4.78, 5) is 27.6. The van der Waals surface area contributed by atoms with Crippen molar-refractivity contribution in [3.63, 3.8) is 0 Å². The molecule has 3 rings (SSSR count). The number of benzene rings is 2. The molecule has 0 bridgehead atoms. The van der Waals surface area contributed by atoms with Crippen LogP contribution in [0.4, 0.5) is 15.8 Å². The van der Waals surface area contributed by atoms with Crippen molar-refractivity contribution in [3.8, 4) is 0 Å². The van der Waals surface area contributed by atoms with Gasteiger partial charge in [-0.25, -0.2) is 4.39 Å². The number of carbonyl (C=O) groups is 2. The highest BCUT2D eigenvalue weighted by Gasteiger charge is 2.34. The minimum Gasteiger partial charge on any atom is -0.311 e. The zero-order chi connectivity index (χ0) is 17.3. The highest BCUT2D eigenvalue weighted by atomic mass is 19.1. The van der Waals surface area contributed by atoms with E-state index in [2.05, 4.69) is 0 Å². The first-order valence-electron chi connectivity index (χ1n) is 7.94. The van der Waals surface area contributed by atoms with E-state index in [0.717, 1.165) is 12.0 Å². The largest absolute Gasteiger partial charge is 0.311 e. The van der Waals surface area contributed by atoms with E-state index in [1.54, 1.807) is 36.4 Å². The van der Waals surface area contributed by atoms with Gasteiger partial charge in [-0.1, -0.05) is 31.2 Å². The summed E-state index contributed by atoms with van der Waals surface area (Å²) < 4.78 is 14.3. The molecule has 2 aromatic rings. The van der Waals surface area contributed by atoms with Gasteiger partial charge in [0.15, 0.2) is 6.17 Å². The Labute approximate surface area is 140 Å². The molecule has 1 aliphatic rings. The first-order valence-corrected chi connectivity index (χ1v) is 7.94. The predicted octanol–water partition coefficient (Wildman–Crippen LogP) is 3.21. The Morgan fingerprint density at radius 3 is 2.38 bits per heavy atom. The van der Waals surface area contributed by atoms with Crippen LogP contribution in [-0.2, 0) is 11.2 Å². The third-order valence-electron chi connectivity index (χ3n) is 4.33. The van der Waals surface area contributed by atoms with Crippen molar-refractivity contribution >= 4 is 23.2 Å². The summed E-state index contributed by atoms with van der Waals surface area (Å²) in [5, 5.41) is 0. The van der Waals surface area contributed by atoms with E-state index < -0.39 is 12.1 Å². The molecule has 1 atom stereocenters. The Balaban J connectivity index is 2.03. The van der Waals surface area contributed by atoms with Gasteiger partial charge in [0.25, 0.3) is 11.8 Å². The molecule has 4 nitrogen and oxygen atoms in total. The molecule has 0 saturated carbocycles. The fraction of sp³-hybridized carbons (Fsp3) is 0.263. The van der Waals surface area contributed by atoms with E-state index in [9.17, 15) is 14.0 Å². The van der Waals surface area contributed by atoms with Crippen LogP contribution in [0.1, 0.15) is 22.8 Å². The van der Waals surface area contributed by atoms with Crippen molar-refractivity contribution in [1.29, 1.82) is 0 Å². The second-order valence-electron chi connectivity index (χ2n) is 5.82. The van der Waals surface area contributed by atoms with Gasteiger partial charge in [-0.05, 0) is 36.2 Å². The van der Waals surface area contributed by atoms with Crippen molar-refractivity contribution < 1.29 is 14.0 Å². The van der Waals surface area contributed by atoms with Gasteiger partial charge in [0.1, 0.15) is 0 Å². The molecule has 124 valence electrons. The molecular formula is C19H19FN2O2. The van der Waals surface area contributed by atoms with Gasteiger partial charge in [-0.3, -0.25) is 9.59 Å². The number of alkyl halides is 1. The molecule has 1 aliphatic heterocycles. The zero-order valence-corrected chi connectivity index (χ0v) is 13.7. The molecule has 24 heavy (non-hydrogen) atoms. The molecule has 0 aromatic heterocycles. The molecular weight excluding hydrogens is 307 g/mol. The number of hydrogen-bond acceptors (Lipinski definition) is 2. The van der Waals surface area contributed by atoms with Crippen LogP contribution in [0.2, 0.25) is 0 Å². The van der Waals surface area contributed by atoms with E-state index in [1.165, 1.54) is 16.8 Å². The summed E-state index contributed by atoms with van der Waals surface area (Å²) in [5.41, 5.74) is 2.67. The smallest absolute Gasteiger partial charge is 0.263 e. The Hall–Kier alpha value is -2.69. The molecule has 1 heterocycles. The van der Waals surface area contributed by atoms with Gasteiger partial charge in [0.05, 0.1) is 17.9 Å². The molecule has 0 saturated heterocycles. The van der Waals surface area contributed by atoms with Gasteiger partial charge >= 0.3 is 0 Å². The SMILES string of the molecule is CCc1ccc(C(=O)N2C[C@H](F)C(=O)N(C)c3ccccc32)cc1. The normalized spacial score (nSPS) is 17.5. The summed E-state index contributed by atoms with van der Waals surface area (Å²) in [7, 11) is 1.53. The van der Waals surface area contributed by atoms with E-state index in [-0.39, 0.29) is 12.5 Å². The number of anilines is 2. The molecule has 0 fully saturated rings. The van der Waals surface area contributed by atoms with Crippen LogP contribution in [0.25, 0.3) is 0 Å². The number of halogens is 1. The van der Waals surface area contributed by atoms with Crippen LogP contribution in [0.3, 0.4) is 0 Å². The minimum absolute atomic E-state index is 0.283. The number of carbonyl (C=O) groups excluding carboxylic acids is 2. The lowest BCUT2D eigenvalue weighted by Crippen LogP contribution is -2.39. The van der Waals surface area contributed by atoms with Crippen LogP contribution >= 0.6 is 0 Å². The van der Waals surface area contributed by atoms with Crippen LogP contribution in [0, 0.1) is 0 Å². The zero-order valence-electron chi connectivity index (χ0n) is 13.7. The van der Waals surface area contributed by atoms with Crippen LogP contribution in [0.5, 0.6) is 0 Å². The van der Waals surface area contributed by atoms with Crippen molar-refractivity contribution in [1.82, 2.24) is 0 Å². The molecule has 0 N–H and O–H groups in total. The van der Waals surface area contributed by atoms with Crippen LogP contribution in [0.15, 0.2) is 48.5 Å². The minimum atomic E-state index is -1.75. The number of para-hydroxylation sites is 2. The van der Waals surface area contributed by atoms with Crippen molar-refractivity contribution in [2.75, 3.05) is 23.4 Å². The number of rotatable bonds is 2. The maximum atomic E-state index is 14.3. The standard InChI is InChI=1S/C19H19FN2O2/c1-3-13-8-10-14(11-9-13)18(23)22-12-15(20)19(24)21(2)16-6-4-5-7-17(16)22/h4-11,15H,3,12H2,1-2H3/t15-/m0/s1. The molecule has 0 radical (unpaired) electrons. The van der Waals surface area contributed by atoms with E-state index in [4.69, 9.17) is 0 Å². The van der Waals surface area contributed by atoms with Crippen molar-refractivity contribution in [2.24, 2.45) is 0 Å². The Bertz CT molecular complexity index is 773. The Kier molecular flexibility index (Phi) is 4.34. The number of amides is 2. The predicted molar refractivity (Wildman–Crippen MR) is 92.2 cm³/mol. The van der Waals surface area contributed by atoms with E-state index in [0.29, 0.717) is 16.9 Å². The second-order valence-corrected chi connectivity index (χ2v) is 5.82. The lowest BCUT2D eigenvalue weighted by Gasteiger charge is -2.23. The quantitative estimate of drug-likeness (QED) is 0.850. The Morgan fingerprint density at radius 1 is 1.12 bits per heavy atom. The lowest BCUT2D eigenvalue weighted by molar-refractivity contribution is -0.122. The van der Waals surface area contributed by atoms with Gasteiger partial charge in [-0.15, -0.1) is 0 Å². The Morgan fingerprint density at radius 2 is 1.75 bits per heavy atom. The van der Waals surface area contributed by atoms with Crippen molar-refractivity contribution in [2.45, 2.75) is 19.5 Å². The molecule has 0 aliphatic carbocycles. The molecule has 5 heteroatoms. The summed E-state index contributed by atoms with van der Waals surface area (Å²) in [5.74, 6) is -0.949. The fourth-order valence-electron chi connectivity index (χ4n) is 2.87. The average molecular weight is 326 g/mol. The van der Waals surface area contributed by atoms with Gasteiger partial charge in [-0.2, -0.15) is 0 Å². The number of nitrogens with zero attached hydrogens (tertiary/aromatic N) is 2. The summed E-state index contributed by atoms with van der Waals surface area (Å²) in [6, 6.07) is 14.3. The second kappa shape index (κ2) is 6.43.